The molecule has 2 fully saturated rings. The van der Waals surface area contributed by atoms with E-state index in [4.69, 9.17) is 14.7 Å². The number of likely N-dealkylation sites (tertiary alicyclic amines) is 1. The number of unbranched alkanes of at least 4 members (excludes halogenated alkanes) is 1. The predicted octanol–water partition coefficient (Wildman–Crippen LogP) is 3.93. The summed E-state index contributed by atoms with van der Waals surface area (Å²) in [7, 11) is 0. The average molecular weight is 493 g/mol. The molecule has 2 aromatic rings. The van der Waals surface area contributed by atoms with Gasteiger partial charge in [0, 0.05) is 75.4 Å². The van der Waals surface area contributed by atoms with Crippen LogP contribution in [0.2, 0.25) is 0 Å². The van der Waals surface area contributed by atoms with Gasteiger partial charge in [-0.25, -0.2) is 9.97 Å². The molecular formula is C29H44N6O. The first-order valence-corrected chi connectivity index (χ1v) is 14.3. The van der Waals surface area contributed by atoms with E-state index in [1.54, 1.807) is 0 Å². The second-order valence-electron chi connectivity index (χ2n) is 10.5. The van der Waals surface area contributed by atoms with Gasteiger partial charge in [0.25, 0.3) is 0 Å². The van der Waals surface area contributed by atoms with Crippen molar-refractivity contribution in [1.82, 2.24) is 19.8 Å². The Kier molecular flexibility index (Phi) is 9.07. The molecule has 0 radical (unpaired) electrons. The van der Waals surface area contributed by atoms with Gasteiger partial charge in [-0.1, -0.05) is 13.3 Å². The van der Waals surface area contributed by atoms with Crippen molar-refractivity contribution < 1.29 is 4.74 Å². The molecule has 5 rings (SSSR count). The summed E-state index contributed by atoms with van der Waals surface area (Å²) < 4.78 is 5.75. The lowest BCUT2D eigenvalue weighted by atomic mass is 10.1. The van der Waals surface area contributed by atoms with Crippen LogP contribution in [0.1, 0.15) is 44.6 Å². The lowest BCUT2D eigenvalue weighted by molar-refractivity contribution is 0.0994. The minimum atomic E-state index is 0.847. The third-order valence-electron chi connectivity index (χ3n) is 7.95. The molecule has 4 heterocycles. The van der Waals surface area contributed by atoms with Gasteiger partial charge in [0.05, 0.1) is 6.61 Å². The summed E-state index contributed by atoms with van der Waals surface area (Å²) in [5.74, 6) is 2.00. The van der Waals surface area contributed by atoms with Crippen molar-refractivity contribution >= 4 is 11.5 Å². The zero-order chi connectivity index (χ0) is 24.6. The third-order valence-corrected chi connectivity index (χ3v) is 7.95. The van der Waals surface area contributed by atoms with E-state index in [9.17, 15) is 0 Å². The number of hydrogen-bond donors (Lipinski definition) is 0. The Balaban J connectivity index is 1.12. The summed E-state index contributed by atoms with van der Waals surface area (Å²) >= 11 is 0. The summed E-state index contributed by atoms with van der Waals surface area (Å²) in [4.78, 5) is 19.8. The van der Waals surface area contributed by atoms with Gasteiger partial charge < -0.3 is 19.4 Å². The van der Waals surface area contributed by atoms with Crippen LogP contribution < -0.4 is 9.80 Å². The Morgan fingerprint density at radius 3 is 2.36 bits per heavy atom. The molecule has 3 aliphatic heterocycles. The Bertz CT molecular complexity index is 937. The lowest BCUT2D eigenvalue weighted by Gasteiger charge is -2.36. The molecule has 1 aromatic heterocycles. The van der Waals surface area contributed by atoms with Crippen LogP contribution in [0.5, 0.6) is 0 Å². The van der Waals surface area contributed by atoms with Gasteiger partial charge in [0.1, 0.15) is 5.82 Å². The molecule has 1 aromatic carbocycles. The fourth-order valence-corrected chi connectivity index (χ4v) is 5.65. The van der Waals surface area contributed by atoms with Crippen LogP contribution in [0.3, 0.4) is 0 Å². The molecule has 196 valence electrons. The van der Waals surface area contributed by atoms with Crippen molar-refractivity contribution in [3.63, 3.8) is 0 Å². The number of piperazine rings is 1. The molecule has 0 aliphatic carbocycles. The molecule has 0 amide bonds. The normalized spacial score (nSPS) is 18.8. The minimum absolute atomic E-state index is 0.847. The zero-order valence-corrected chi connectivity index (χ0v) is 22.2. The highest BCUT2D eigenvalue weighted by molar-refractivity contribution is 5.63. The Morgan fingerprint density at radius 2 is 1.58 bits per heavy atom. The number of hydrogen-bond acceptors (Lipinski definition) is 7. The Morgan fingerprint density at radius 1 is 0.806 bits per heavy atom. The van der Waals surface area contributed by atoms with Crippen molar-refractivity contribution in [3.8, 4) is 11.4 Å². The van der Waals surface area contributed by atoms with Crippen molar-refractivity contribution in [1.29, 1.82) is 0 Å². The van der Waals surface area contributed by atoms with Crippen LogP contribution in [-0.4, -0.2) is 98.4 Å². The highest BCUT2D eigenvalue weighted by atomic mass is 16.5. The highest BCUT2D eigenvalue weighted by Crippen LogP contribution is 2.29. The molecule has 3 aliphatic rings. The van der Waals surface area contributed by atoms with E-state index in [1.807, 2.05) is 0 Å². The van der Waals surface area contributed by atoms with Crippen LogP contribution in [-0.2, 0) is 11.2 Å². The van der Waals surface area contributed by atoms with Gasteiger partial charge >= 0.3 is 0 Å². The van der Waals surface area contributed by atoms with Crippen molar-refractivity contribution in [2.24, 2.45) is 0 Å². The molecule has 0 spiro atoms. The number of aromatic nitrogens is 2. The van der Waals surface area contributed by atoms with E-state index in [2.05, 4.69) is 57.0 Å². The summed E-state index contributed by atoms with van der Waals surface area (Å²) in [6, 6.07) is 8.86. The Hall–Kier alpha value is -2.22. The monoisotopic (exact) mass is 492 g/mol. The molecule has 7 heteroatoms. The van der Waals surface area contributed by atoms with Gasteiger partial charge in [-0.05, 0) is 76.0 Å². The standard InChI is InChI=1S/C29H44N6O/c1-2-3-22-36-23-21-33-17-19-34(20-18-33)27-9-7-25(8-10-27)28-30-24-26-11-16-35(29(26)31-28)15-6-14-32-12-4-5-13-32/h7-10,24H,2-6,11-23H2,1H3. The minimum Gasteiger partial charge on any atom is -0.380 e. The van der Waals surface area contributed by atoms with Crippen LogP contribution in [0.4, 0.5) is 11.5 Å². The van der Waals surface area contributed by atoms with E-state index < -0.39 is 0 Å². The van der Waals surface area contributed by atoms with E-state index >= 15 is 0 Å². The summed E-state index contributed by atoms with van der Waals surface area (Å²) in [5, 5.41) is 0. The number of anilines is 2. The number of rotatable bonds is 12. The van der Waals surface area contributed by atoms with Crippen molar-refractivity contribution in [2.45, 2.75) is 45.4 Å². The van der Waals surface area contributed by atoms with Crippen LogP contribution in [0, 0.1) is 0 Å². The SMILES string of the molecule is CCCCOCCN1CCN(c2ccc(-c3ncc4c(n3)N(CCCN3CCCC3)CC4)cc2)CC1. The predicted molar refractivity (Wildman–Crippen MR) is 148 cm³/mol. The Labute approximate surface area is 217 Å². The molecule has 0 unspecified atom stereocenters. The first kappa shape index (κ1) is 25.4. The second-order valence-corrected chi connectivity index (χ2v) is 10.5. The molecule has 0 bridgehead atoms. The molecule has 0 saturated carbocycles. The largest absolute Gasteiger partial charge is 0.380 e. The average Bonchev–Trinajstić information content (AvgIpc) is 3.59. The molecule has 7 nitrogen and oxygen atoms in total. The molecule has 36 heavy (non-hydrogen) atoms. The van der Waals surface area contributed by atoms with Gasteiger partial charge in [-0.2, -0.15) is 0 Å². The van der Waals surface area contributed by atoms with E-state index in [1.165, 1.54) is 56.6 Å². The summed E-state index contributed by atoms with van der Waals surface area (Å²) in [6.07, 6.45) is 9.43. The fraction of sp³-hybridized carbons (Fsp3) is 0.655. The maximum atomic E-state index is 5.75. The highest BCUT2D eigenvalue weighted by Gasteiger charge is 2.23. The number of nitrogens with zero attached hydrogens (tertiary/aromatic N) is 6. The first-order chi connectivity index (χ1) is 17.8. The second kappa shape index (κ2) is 12.8. The van der Waals surface area contributed by atoms with Gasteiger partial charge in [0.15, 0.2) is 5.82 Å². The molecular weight excluding hydrogens is 448 g/mol. The van der Waals surface area contributed by atoms with Crippen LogP contribution in [0.25, 0.3) is 11.4 Å². The summed E-state index contributed by atoms with van der Waals surface area (Å²) in [5.41, 5.74) is 3.70. The van der Waals surface area contributed by atoms with Crippen LogP contribution >= 0.6 is 0 Å². The number of fused-ring (bicyclic) bond motifs is 1. The maximum absolute atomic E-state index is 5.75. The number of benzene rings is 1. The van der Waals surface area contributed by atoms with E-state index in [0.717, 1.165) is 89.1 Å². The quantitative estimate of drug-likeness (QED) is 0.416. The maximum Gasteiger partial charge on any atom is 0.161 e. The molecule has 2 saturated heterocycles. The topological polar surface area (TPSA) is 48.0 Å². The van der Waals surface area contributed by atoms with E-state index in [0.29, 0.717) is 0 Å². The first-order valence-electron chi connectivity index (χ1n) is 14.3. The third kappa shape index (κ3) is 6.55. The molecule has 0 N–H and O–H groups in total. The molecule has 0 atom stereocenters. The zero-order valence-electron chi connectivity index (χ0n) is 22.2. The van der Waals surface area contributed by atoms with Crippen molar-refractivity contribution in [2.75, 3.05) is 88.5 Å². The van der Waals surface area contributed by atoms with Gasteiger partial charge in [-0.3, -0.25) is 4.90 Å². The number of ether oxygens (including phenoxy) is 1. The van der Waals surface area contributed by atoms with Crippen molar-refractivity contribution in [3.05, 3.63) is 36.0 Å². The van der Waals surface area contributed by atoms with Gasteiger partial charge in [-0.15, -0.1) is 0 Å². The fourth-order valence-electron chi connectivity index (χ4n) is 5.65. The van der Waals surface area contributed by atoms with Crippen LogP contribution in [0.15, 0.2) is 30.5 Å². The lowest BCUT2D eigenvalue weighted by Crippen LogP contribution is -2.47. The summed E-state index contributed by atoms with van der Waals surface area (Å²) in [6.45, 7) is 15.3. The van der Waals surface area contributed by atoms with Gasteiger partial charge in [0.2, 0.25) is 0 Å². The smallest absolute Gasteiger partial charge is 0.161 e. The van der Waals surface area contributed by atoms with E-state index in [-0.39, 0.29) is 0 Å².